The number of para-hydroxylation sites is 1. The molecule has 0 saturated heterocycles. The number of carbonyl (C=O) groups is 3. The maximum absolute atomic E-state index is 13.3. The molecule has 0 fully saturated rings. The van der Waals surface area contributed by atoms with Crippen molar-refractivity contribution in [1.82, 2.24) is 15.2 Å². The lowest BCUT2D eigenvalue weighted by Crippen LogP contribution is -2.49. The van der Waals surface area contributed by atoms with Gasteiger partial charge in [0.1, 0.15) is 6.04 Å². The number of carbonyl (C=O) groups excluding carboxylic acids is 2. The quantitative estimate of drug-likeness (QED) is 0.423. The molecule has 1 aromatic heterocycles. The van der Waals surface area contributed by atoms with E-state index in [1.165, 1.54) is 6.20 Å². The topological polar surface area (TPSA) is 99.6 Å². The van der Waals surface area contributed by atoms with Crippen molar-refractivity contribution < 1.29 is 19.5 Å². The first-order chi connectivity index (χ1) is 15.5. The number of aromatic nitrogens is 1. The van der Waals surface area contributed by atoms with Gasteiger partial charge in [-0.3, -0.25) is 19.4 Å². The van der Waals surface area contributed by atoms with Crippen LogP contribution < -0.4 is 5.32 Å². The first-order valence-electron chi connectivity index (χ1n) is 11.6. The zero-order valence-electron chi connectivity index (χ0n) is 19.2. The summed E-state index contributed by atoms with van der Waals surface area (Å²) in [5, 5.41) is 12.8. The fraction of sp³-hybridized carbons (Fsp3) is 0.520. The lowest BCUT2D eigenvalue weighted by molar-refractivity contribution is -0.138. The molecule has 0 aliphatic rings. The molecule has 2 rings (SSSR count). The Hall–Kier alpha value is -2.96. The Morgan fingerprint density at radius 1 is 1.03 bits per heavy atom. The third-order valence-electron chi connectivity index (χ3n) is 5.48. The van der Waals surface area contributed by atoms with E-state index in [0.717, 1.165) is 49.4 Å². The number of hydrogen-bond acceptors (Lipinski definition) is 4. The molecule has 0 aliphatic carbocycles. The second-order valence-electron chi connectivity index (χ2n) is 8.11. The summed E-state index contributed by atoms with van der Waals surface area (Å²) in [4.78, 5) is 43.5. The number of unbranched alkanes of at least 4 members (excludes halogenated alkanes) is 4. The van der Waals surface area contributed by atoms with Crippen molar-refractivity contribution >= 4 is 28.7 Å². The average Bonchev–Trinajstić information content (AvgIpc) is 2.80. The van der Waals surface area contributed by atoms with Crippen molar-refractivity contribution in [1.29, 1.82) is 0 Å². The molecule has 0 saturated carbocycles. The van der Waals surface area contributed by atoms with E-state index in [4.69, 9.17) is 5.11 Å². The molecule has 1 atom stereocenters. The van der Waals surface area contributed by atoms with Crippen molar-refractivity contribution in [3.63, 3.8) is 0 Å². The molecular formula is C25H35N3O4. The lowest BCUT2D eigenvalue weighted by Gasteiger charge is -2.28. The third-order valence-corrected chi connectivity index (χ3v) is 5.48. The Labute approximate surface area is 190 Å². The first kappa shape index (κ1) is 25.3. The van der Waals surface area contributed by atoms with Gasteiger partial charge in [0.05, 0.1) is 11.1 Å². The van der Waals surface area contributed by atoms with E-state index in [1.807, 2.05) is 24.3 Å². The second-order valence-corrected chi connectivity index (χ2v) is 8.11. The van der Waals surface area contributed by atoms with Gasteiger partial charge in [0.25, 0.3) is 5.91 Å². The molecule has 0 bridgehead atoms. The maximum Gasteiger partial charge on any atom is 0.303 e. The summed E-state index contributed by atoms with van der Waals surface area (Å²) in [5.74, 6) is -1.62. The minimum Gasteiger partial charge on any atom is -0.481 e. The molecule has 0 aliphatic heterocycles. The number of nitrogens with zero attached hydrogens (tertiary/aromatic N) is 2. The number of rotatable bonds is 14. The highest BCUT2D eigenvalue weighted by Gasteiger charge is 2.27. The van der Waals surface area contributed by atoms with Crippen molar-refractivity contribution in [2.45, 2.75) is 71.3 Å². The molecule has 2 amide bonds. The molecule has 2 aromatic rings. The monoisotopic (exact) mass is 441 g/mol. The van der Waals surface area contributed by atoms with Crippen LogP contribution in [0.15, 0.2) is 36.5 Å². The van der Waals surface area contributed by atoms with Crippen molar-refractivity contribution in [3.05, 3.63) is 42.1 Å². The molecule has 7 heteroatoms. The van der Waals surface area contributed by atoms with Crippen molar-refractivity contribution in [3.8, 4) is 0 Å². The maximum atomic E-state index is 13.3. The third kappa shape index (κ3) is 7.94. The highest BCUT2D eigenvalue weighted by molar-refractivity contribution is 5.99. The van der Waals surface area contributed by atoms with E-state index >= 15 is 0 Å². The van der Waals surface area contributed by atoms with Crippen LogP contribution in [0, 0.1) is 0 Å². The van der Waals surface area contributed by atoms with Crippen LogP contribution in [0.4, 0.5) is 0 Å². The molecular weight excluding hydrogens is 406 g/mol. The number of hydrogen-bond donors (Lipinski definition) is 2. The minimum absolute atomic E-state index is 0.0545. The predicted molar refractivity (Wildman–Crippen MR) is 125 cm³/mol. The number of pyridine rings is 1. The van der Waals surface area contributed by atoms with Gasteiger partial charge in [-0.1, -0.05) is 57.7 Å². The molecule has 32 heavy (non-hydrogen) atoms. The first-order valence-corrected chi connectivity index (χ1v) is 11.6. The van der Waals surface area contributed by atoms with E-state index in [0.29, 0.717) is 18.7 Å². The number of carboxylic acids is 1. The van der Waals surface area contributed by atoms with Crippen LogP contribution in [-0.4, -0.2) is 51.9 Å². The average molecular weight is 442 g/mol. The Bertz CT molecular complexity index is 890. The van der Waals surface area contributed by atoms with Gasteiger partial charge in [0.2, 0.25) is 5.91 Å². The molecule has 174 valence electrons. The van der Waals surface area contributed by atoms with Crippen LogP contribution >= 0.6 is 0 Å². The van der Waals surface area contributed by atoms with Gasteiger partial charge in [-0.2, -0.15) is 0 Å². The van der Waals surface area contributed by atoms with Gasteiger partial charge in [-0.05, 0) is 31.4 Å². The van der Waals surface area contributed by atoms with Gasteiger partial charge >= 0.3 is 5.97 Å². The fourth-order valence-corrected chi connectivity index (χ4v) is 3.62. The molecule has 0 radical (unpaired) electrons. The molecule has 1 heterocycles. The lowest BCUT2D eigenvalue weighted by atomic mass is 10.1. The molecule has 7 nitrogen and oxygen atoms in total. The standard InChI is InChI=1S/C25H35N3O4/c1-3-5-9-15-28(16-10-6-4-2)25(32)22(13-14-23(29)30)27-24(31)20-17-19-11-7-8-12-21(19)26-18-20/h7-8,11-12,17-18,22H,3-6,9-10,13-16H2,1-2H3,(H,27,31)(H,29,30)/t22-/m1/s1. The van der Waals surface area contributed by atoms with Crippen LogP contribution in [0.2, 0.25) is 0 Å². The summed E-state index contributed by atoms with van der Waals surface area (Å²) in [6, 6.07) is 8.33. The van der Waals surface area contributed by atoms with Gasteiger partial charge in [-0.15, -0.1) is 0 Å². The van der Waals surface area contributed by atoms with E-state index in [1.54, 1.807) is 11.0 Å². The largest absolute Gasteiger partial charge is 0.481 e. The number of amides is 2. The second kappa shape index (κ2) is 13.5. The predicted octanol–water partition coefficient (Wildman–Crippen LogP) is 4.41. The van der Waals surface area contributed by atoms with E-state index in [-0.39, 0.29) is 18.7 Å². The van der Waals surface area contributed by atoms with E-state index in [9.17, 15) is 14.4 Å². The fourth-order valence-electron chi connectivity index (χ4n) is 3.62. The van der Waals surface area contributed by atoms with Crippen LogP contribution in [0.5, 0.6) is 0 Å². The number of benzene rings is 1. The molecule has 0 spiro atoms. The van der Waals surface area contributed by atoms with Gasteiger partial charge in [0, 0.05) is 31.1 Å². The molecule has 0 unspecified atom stereocenters. The highest BCUT2D eigenvalue weighted by atomic mass is 16.4. The number of carboxylic acid groups (broad SMARTS) is 1. The van der Waals surface area contributed by atoms with Crippen molar-refractivity contribution in [2.24, 2.45) is 0 Å². The van der Waals surface area contributed by atoms with Crippen LogP contribution in [-0.2, 0) is 9.59 Å². The number of aliphatic carboxylic acids is 1. The SMILES string of the molecule is CCCCCN(CCCCC)C(=O)[C@@H](CCC(=O)O)NC(=O)c1cnc2ccccc2c1. The van der Waals surface area contributed by atoms with Gasteiger partial charge in [-0.25, -0.2) is 0 Å². The van der Waals surface area contributed by atoms with Gasteiger partial charge in [0.15, 0.2) is 0 Å². The summed E-state index contributed by atoms with van der Waals surface area (Å²) >= 11 is 0. The molecule has 1 aromatic carbocycles. The number of nitrogens with one attached hydrogen (secondary N) is 1. The highest BCUT2D eigenvalue weighted by Crippen LogP contribution is 2.14. The zero-order valence-corrected chi connectivity index (χ0v) is 19.2. The summed E-state index contributed by atoms with van der Waals surface area (Å²) in [7, 11) is 0. The summed E-state index contributed by atoms with van der Waals surface area (Å²) < 4.78 is 0. The van der Waals surface area contributed by atoms with Crippen LogP contribution in [0.3, 0.4) is 0 Å². The summed E-state index contributed by atoms with van der Waals surface area (Å²) in [6.45, 7) is 5.45. The zero-order chi connectivity index (χ0) is 23.3. The summed E-state index contributed by atoms with van der Waals surface area (Å²) in [5.41, 5.74) is 1.13. The Morgan fingerprint density at radius 2 is 1.69 bits per heavy atom. The molecule has 2 N–H and O–H groups in total. The smallest absolute Gasteiger partial charge is 0.303 e. The number of fused-ring (bicyclic) bond motifs is 1. The summed E-state index contributed by atoms with van der Waals surface area (Å²) in [6.07, 6.45) is 7.26. The normalized spacial score (nSPS) is 11.8. The van der Waals surface area contributed by atoms with Crippen LogP contribution in [0.1, 0.15) is 75.6 Å². The van der Waals surface area contributed by atoms with Crippen LogP contribution in [0.25, 0.3) is 10.9 Å². The van der Waals surface area contributed by atoms with Gasteiger partial charge < -0.3 is 15.3 Å². The Balaban J connectivity index is 2.17. The Kier molecular flexibility index (Phi) is 10.6. The van der Waals surface area contributed by atoms with E-state index in [2.05, 4.69) is 24.1 Å². The van der Waals surface area contributed by atoms with E-state index < -0.39 is 17.9 Å². The Morgan fingerprint density at radius 3 is 2.31 bits per heavy atom. The van der Waals surface area contributed by atoms with Crippen molar-refractivity contribution in [2.75, 3.05) is 13.1 Å². The minimum atomic E-state index is -0.993.